The number of aromatic nitrogens is 2. The monoisotopic (exact) mass is 367 g/mol. The smallest absolute Gasteiger partial charge is 0.243 e. The molecule has 0 amide bonds. The van der Waals surface area contributed by atoms with Crippen molar-refractivity contribution in [2.24, 2.45) is 0 Å². The molecule has 1 saturated heterocycles. The molecule has 1 aliphatic carbocycles. The Bertz CT molecular complexity index is 640. The summed E-state index contributed by atoms with van der Waals surface area (Å²) in [5, 5.41) is 7.61. The van der Waals surface area contributed by atoms with Crippen LogP contribution in [0, 0.1) is 0 Å². The first-order valence-corrected chi connectivity index (χ1v) is 9.07. The molecule has 1 aromatic carbocycles. The third-order valence-corrected chi connectivity index (χ3v) is 6.01. The number of hydrogen-bond acceptors (Lipinski definition) is 6. The second kappa shape index (κ2) is 7.87. The van der Waals surface area contributed by atoms with Gasteiger partial charge in [-0.2, -0.15) is 4.98 Å². The fraction of sp³-hybridized carbons (Fsp3) is 0.529. The summed E-state index contributed by atoms with van der Waals surface area (Å²) in [5.41, 5.74) is 0. The lowest BCUT2D eigenvalue weighted by molar-refractivity contribution is 0.0734. The molecule has 1 saturated carbocycles. The first kappa shape index (κ1) is 17.7. The van der Waals surface area contributed by atoms with Crippen molar-refractivity contribution in [3.63, 3.8) is 0 Å². The molecule has 0 radical (unpaired) electrons. The van der Waals surface area contributed by atoms with Crippen molar-refractivity contribution in [1.29, 1.82) is 0 Å². The minimum absolute atomic E-state index is 0. The summed E-state index contributed by atoms with van der Waals surface area (Å²) in [7, 11) is 0. The molecule has 4 rings (SSSR count). The van der Waals surface area contributed by atoms with Crippen molar-refractivity contribution in [2.45, 2.75) is 41.4 Å². The molecule has 1 aromatic heterocycles. The molecule has 2 fully saturated rings. The van der Waals surface area contributed by atoms with E-state index in [0.717, 1.165) is 37.7 Å². The Morgan fingerprint density at radius 3 is 2.67 bits per heavy atom. The van der Waals surface area contributed by atoms with Crippen LogP contribution in [0.25, 0.3) is 0 Å². The van der Waals surface area contributed by atoms with Crippen molar-refractivity contribution >= 4 is 24.2 Å². The highest BCUT2D eigenvalue weighted by molar-refractivity contribution is 8.00. The van der Waals surface area contributed by atoms with Crippen LogP contribution in [0.1, 0.15) is 43.4 Å². The second-order valence-corrected chi connectivity index (χ2v) is 7.61. The zero-order valence-electron chi connectivity index (χ0n) is 13.4. The third-order valence-electron chi connectivity index (χ3n) is 4.53. The van der Waals surface area contributed by atoms with Crippen LogP contribution < -0.4 is 5.32 Å². The van der Waals surface area contributed by atoms with Crippen LogP contribution in [0.4, 0.5) is 0 Å². The zero-order valence-corrected chi connectivity index (χ0v) is 15.1. The number of halogens is 1. The quantitative estimate of drug-likeness (QED) is 0.888. The lowest BCUT2D eigenvalue weighted by Gasteiger charge is -2.24. The van der Waals surface area contributed by atoms with E-state index >= 15 is 0 Å². The van der Waals surface area contributed by atoms with E-state index in [9.17, 15) is 0 Å². The SMILES string of the molecule is Cl.c1ccc(SC2(c3nc(C4COCCN4)no3)CCCC2)cc1. The van der Waals surface area contributed by atoms with Crippen molar-refractivity contribution in [1.82, 2.24) is 15.5 Å². The molecular formula is C17H22ClN3O2S. The van der Waals surface area contributed by atoms with Crippen LogP contribution in [-0.4, -0.2) is 29.9 Å². The van der Waals surface area contributed by atoms with Crippen LogP contribution >= 0.6 is 24.2 Å². The third kappa shape index (κ3) is 3.61. The van der Waals surface area contributed by atoms with Crippen molar-refractivity contribution in [3.05, 3.63) is 42.0 Å². The summed E-state index contributed by atoms with van der Waals surface area (Å²) in [4.78, 5) is 6.00. The fourth-order valence-corrected chi connectivity index (χ4v) is 4.72. The minimum atomic E-state index is -0.0812. The number of ether oxygens (including phenoxy) is 1. The van der Waals surface area contributed by atoms with Crippen molar-refractivity contribution < 1.29 is 9.26 Å². The lowest BCUT2D eigenvalue weighted by atomic mass is 10.1. The van der Waals surface area contributed by atoms with Gasteiger partial charge < -0.3 is 14.6 Å². The summed E-state index contributed by atoms with van der Waals surface area (Å²) < 4.78 is 11.1. The number of nitrogens with zero attached hydrogens (tertiary/aromatic N) is 2. The average molecular weight is 368 g/mol. The maximum atomic E-state index is 5.70. The number of morpholine rings is 1. The van der Waals surface area contributed by atoms with Crippen molar-refractivity contribution in [3.8, 4) is 0 Å². The van der Waals surface area contributed by atoms with Gasteiger partial charge in [-0.1, -0.05) is 36.2 Å². The van der Waals surface area contributed by atoms with Gasteiger partial charge in [-0.15, -0.1) is 24.2 Å². The van der Waals surface area contributed by atoms with Gasteiger partial charge in [-0.05, 0) is 25.0 Å². The van der Waals surface area contributed by atoms with Gasteiger partial charge in [-0.3, -0.25) is 0 Å². The number of thioether (sulfide) groups is 1. The number of nitrogens with one attached hydrogen (secondary N) is 1. The summed E-state index contributed by atoms with van der Waals surface area (Å²) in [6, 6.07) is 10.5. The molecule has 24 heavy (non-hydrogen) atoms. The molecule has 0 spiro atoms. The Morgan fingerprint density at radius 1 is 1.17 bits per heavy atom. The highest BCUT2D eigenvalue weighted by Crippen LogP contribution is 2.52. The topological polar surface area (TPSA) is 60.2 Å². The molecule has 0 bridgehead atoms. The molecule has 7 heteroatoms. The second-order valence-electron chi connectivity index (χ2n) is 6.16. The van der Waals surface area contributed by atoms with Crippen LogP contribution in [0.3, 0.4) is 0 Å². The molecule has 1 atom stereocenters. The highest BCUT2D eigenvalue weighted by Gasteiger charge is 2.42. The van der Waals surface area contributed by atoms with Gasteiger partial charge >= 0.3 is 0 Å². The van der Waals surface area contributed by atoms with Gasteiger partial charge in [-0.25, -0.2) is 0 Å². The van der Waals surface area contributed by atoms with Gasteiger partial charge in [0.15, 0.2) is 5.82 Å². The standard InChI is InChI=1S/C17H21N3O2S.ClH/c1-2-6-13(7-3-1)23-17(8-4-5-9-17)16-19-15(20-22-16)14-12-21-11-10-18-14;/h1-3,6-7,14,18H,4-5,8-12H2;1H. The molecule has 2 aliphatic rings. The Morgan fingerprint density at radius 2 is 1.96 bits per heavy atom. The normalized spacial score (nSPS) is 22.9. The lowest BCUT2D eigenvalue weighted by Crippen LogP contribution is -2.35. The van der Waals surface area contributed by atoms with Gasteiger partial charge in [0.05, 0.1) is 24.0 Å². The first-order valence-electron chi connectivity index (χ1n) is 8.25. The molecule has 5 nitrogen and oxygen atoms in total. The fourth-order valence-electron chi connectivity index (χ4n) is 3.31. The Kier molecular flexibility index (Phi) is 5.81. The van der Waals surface area contributed by atoms with Crippen molar-refractivity contribution in [2.75, 3.05) is 19.8 Å². The summed E-state index contributed by atoms with van der Waals surface area (Å²) in [6.45, 7) is 2.19. The van der Waals surface area contributed by atoms with E-state index in [1.165, 1.54) is 17.7 Å². The Balaban J connectivity index is 0.00000169. The largest absolute Gasteiger partial charge is 0.378 e. The van der Waals surface area contributed by atoms with Crippen LogP contribution in [0.2, 0.25) is 0 Å². The Labute approximate surface area is 152 Å². The van der Waals surface area contributed by atoms with E-state index in [2.05, 4.69) is 34.7 Å². The average Bonchev–Trinajstić information content (AvgIpc) is 3.27. The minimum Gasteiger partial charge on any atom is -0.378 e. The van der Waals surface area contributed by atoms with E-state index in [1.54, 1.807) is 0 Å². The molecule has 1 unspecified atom stereocenters. The summed E-state index contributed by atoms with van der Waals surface area (Å²) in [5.74, 6) is 1.49. The molecular weight excluding hydrogens is 346 g/mol. The van der Waals surface area contributed by atoms with E-state index in [0.29, 0.717) is 6.61 Å². The van der Waals surface area contributed by atoms with Gasteiger partial charge in [0, 0.05) is 11.4 Å². The predicted molar refractivity (Wildman–Crippen MR) is 95.6 cm³/mol. The predicted octanol–water partition coefficient (Wildman–Crippen LogP) is 3.71. The summed E-state index contributed by atoms with van der Waals surface area (Å²) in [6.07, 6.45) is 4.59. The highest BCUT2D eigenvalue weighted by atomic mass is 35.5. The number of rotatable bonds is 4. The first-order chi connectivity index (χ1) is 11.4. The maximum Gasteiger partial charge on any atom is 0.243 e. The molecule has 2 heterocycles. The molecule has 2 aromatic rings. The number of hydrogen-bond donors (Lipinski definition) is 1. The maximum absolute atomic E-state index is 5.70. The Hall–Kier alpha value is -1.08. The molecule has 1 aliphatic heterocycles. The number of benzene rings is 1. The van der Waals surface area contributed by atoms with E-state index in [1.807, 2.05) is 17.8 Å². The van der Waals surface area contributed by atoms with Gasteiger partial charge in [0.1, 0.15) is 0 Å². The van der Waals surface area contributed by atoms with E-state index < -0.39 is 0 Å². The van der Waals surface area contributed by atoms with Crippen LogP contribution in [-0.2, 0) is 9.48 Å². The van der Waals surface area contributed by atoms with Gasteiger partial charge in [0.25, 0.3) is 0 Å². The zero-order chi connectivity index (χ0) is 15.5. The van der Waals surface area contributed by atoms with E-state index in [4.69, 9.17) is 14.2 Å². The van der Waals surface area contributed by atoms with Crippen LogP contribution in [0.5, 0.6) is 0 Å². The molecule has 1 N–H and O–H groups in total. The summed E-state index contributed by atoms with van der Waals surface area (Å²) >= 11 is 1.86. The van der Waals surface area contributed by atoms with Gasteiger partial charge in [0.2, 0.25) is 5.89 Å². The van der Waals surface area contributed by atoms with Crippen LogP contribution in [0.15, 0.2) is 39.8 Å². The molecule has 130 valence electrons. The van der Waals surface area contributed by atoms with E-state index in [-0.39, 0.29) is 23.2 Å².